The molecule has 5 atom stereocenters. The van der Waals surface area contributed by atoms with Crippen molar-refractivity contribution in [2.45, 2.75) is 113 Å². The van der Waals surface area contributed by atoms with E-state index in [9.17, 15) is 22.8 Å². The number of aromatic nitrogens is 1. The number of hydrogen-bond acceptors (Lipinski definition) is 11. The highest BCUT2D eigenvalue weighted by atomic mass is 32.2. The topological polar surface area (TPSA) is 195 Å². The predicted octanol–water partition coefficient (Wildman–Crippen LogP) is 3.83. The molecule has 324 valence electrons. The van der Waals surface area contributed by atoms with E-state index in [0.29, 0.717) is 67.4 Å². The van der Waals surface area contributed by atoms with Crippen molar-refractivity contribution in [3.63, 3.8) is 0 Å². The number of rotatable bonds is 10. The number of hydrogen-bond donors (Lipinski definition) is 3. The van der Waals surface area contributed by atoms with Gasteiger partial charge in [0.15, 0.2) is 0 Å². The van der Waals surface area contributed by atoms with E-state index < -0.39 is 62.6 Å². The third-order valence-corrected chi connectivity index (χ3v) is 14.6. The number of ether oxygens (including phenoxy) is 4. The number of allylic oxidation sites excluding steroid dienone is 1. The van der Waals surface area contributed by atoms with Crippen LogP contribution < -0.4 is 29.6 Å². The summed E-state index contributed by atoms with van der Waals surface area (Å²) in [6, 6.07) is 3.04. The zero-order valence-electron chi connectivity index (χ0n) is 34.4. The predicted molar refractivity (Wildman–Crippen MR) is 222 cm³/mol. The van der Waals surface area contributed by atoms with Gasteiger partial charge in [-0.05, 0) is 63.9 Å². The number of fused-ring (bicyclic) bond motifs is 7. The summed E-state index contributed by atoms with van der Waals surface area (Å²) in [5, 5.41) is 5.96. The van der Waals surface area contributed by atoms with Gasteiger partial charge in [-0.1, -0.05) is 37.5 Å². The summed E-state index contributed by atoms with van der Waals surface area (Å²) < 4.78 is 52.4. The lowest BCUT2D eigenvalue weighted by Crippen LogP contribution is -2.63. The number of amides is 5. The Morgan fingerprint density at radius 1 is 1.07 bits per heavy atom. The summed E-state index contributed by atoms with van der Waals surface area (Å²) in [6.07, 6.45) is 11.7. The fourth-order valence-electron chi connectivity index (χ4n) is 9.04. The third kappa shape index (κ3) is 8.65. The number of pyridine rings is 1. The van der Waals surface area contributed by atoms with Crippen molar-refractivity contribution in [1.29, 1.82) is 0 Å². The normalized spacial score (nSPS) is 29.3. The van der Waals surface area contributed by atoms with Crippen LogP contribution in [0.5, 0.6) is 17.4 Å². The molecular weight excluding hydrogens is 793 g/mol. The third-order valence-electron chi connectivity index (χ3n) is 12.7. The van der Waals surface area contributed by atoms with Crippen LogP contribution in [0, 0.1) is 11.8 Å². The first-order chi connectivity index (χ1) is 28.9. The van der Waals surface area contributed by atoms with Crippen molar-refractivity contribution in [3.05, 3.63) is 42.5 Å². The van der Waals surface area contributed by atoms with Crippen LogP contribution in [-0.4, -0.2) is 122 Å². The molecule has 17 heteroatoms. The van der Waals surface area contributed by atoms with E-state index in [2.05, 4.69) is 28.0 Å². The Morgan fingerprint density at radius 3 is 2.55 bits per heavy atom. The molecule has 4 aliphatic heterocycles. The minimum absolute atomic E-state index is 0.00746. The van der Waals surface area contributed by atoms with E-state index in [1.165, 1.54) is 11.0 Å². The summed E-state index contributed by atoms with van der Waals surface area (Å²) in [4.78, 5) is 65.0. The highest BCUT2D eigenvalue weighted by molar-refractivity contribution is 7.91. The van der Waals surface area contributed by atoms with Crippen LogP contribution in [0.25, 0.3) is 17.0 Å². The van der Waals surface area contributed by atoms with Gasteiger partial charge in [0, 0.05) is 42.0 Å². The van der Waals surface area contributed by atoms with Gasteiger partial charge < -0.3 is 39.4 Å². The first kappa shape index (κ1) is 41.8. The molecule has 60 heavy (non-hydrogen) atoms. The molecule has 9 rings (SSSR count). The SMILES string of the molecule is C=C[C@@H]1C[C@]1(NC(=O)[C@@H]1C[C@@H]2CN1C(=O)[C@H](C1CCCCC1)NC(=O)N1CC(C1)OCCC/C=C/c1cc3c(cc(OCC)nc3cc1OC)O2)C(=O)NS(=O)(=O)C1CC1. The molecule has 5 amide bonds. The van der Waals surface area contributed by atoms with Crippen LogP contribution in [0.4, 0.5) is 4.79 Å². The maximum atomic E-state index is 15.1. The molecule has 5 fully saturated rings. The molecule has 1 aromatic heterocycles. The monoisotopic (exact) mass is 848 g/mol. The van der Waals surface area contributed by atoms with Crippen LogP contribution in [0.3, 0.4) is 0 Å². The van der Waals surface area contributed by atoms with Crippen molar-refractivity contribution in [3.8, 4) is 17.4 Å². The zero-order valence-corrected chi connectivity index (χ0v) is 35.2. The average Bonchev–Trinajstić information content (AvgIpc) is 4.15. The first-order valence-corrected chi connectivity index (χ1v) is 22.9. The van der Waals surface area contributed by atoms with Gasteiger partial charge in [-0.2, -0.15) is 0 Å². The Kier molecular flexibility index (Phi) is 12.0. The second-order valence-electron chi connectivity index (χ2n) is 16.9. The molecule has 6 bridgehead atoms. The van der Waals surface area contributed by atoms with Crippen LogP contribution in [0.15, 0.2) is 36.9 Å². The summed E-state index contributed by atoms with van der Waals surface area (Å²) in [7, 11) is -2.32. The Bertz CT molecular complexity index is 2150. The van der Waals surface area contributed by atoms with E-state index in [1.54, 1.807) is 18.1 Å². The lowest BCUT2D eigenvalue weighted by Gasteiger charge is -2.41. The Balaban J connectivity index is 1.16. The summed E-state index contributed by atoms with van der Waals surface area (Å²) in [6.45, 7) is 7.34. The van der Waals surface area contributed by atoms with Gasteiger partial charge in [0.1, 0.15) is 35.2 Å². The largest absolute Gasteiger partial charge is 0.496 e. The van der Waals surface area contributed by atoms with Crippen molar-refractivity contribution >= 4 is 50.8 Å². The van der Waals surface area contributed by atoms with E-state index in [4.69, 9.17) is 23.9 Å². The number of methoxy groups -OCH3 is 1. The van der Waals surface area contributed by atoms with Gasteiger partial charge in [-0.3, -0.25) is 19.1 Å². The van der Waals surface area contributed by atoms with E-state index in [0.717, 1.165) is 50.5 Å². The average molecular weight is 849 g/mol. The highest BCUT2D eigenvalue weighted by Gasteiger charge is 2.62. The number of carbonyl (C=O) groups is 4. The lowest BCUT2D eigenvalue weighted by atomic mass is 9.83. The van der Waals surface area contributed by atoms with Gasteiger partial charge in [0.25, 0.3) is 5.91 Å². The Hall–Kier alpha value is -4.90. The van der Waals surface area contributed by atoms with E-state index in [1.807, 2.05) is 25.1 Å². The van der Waals surface area contributed by atoms with Gasteiger partial charge in [0.2, 0.25) is 27.7 Å². The molecule has 3 N–H and O–H groups in total. The second kappa shape index (κ2) is 17.2. The number of urea groups is 1. The van der Waals surface area contributed by atoms with Crippen LogP contribution >= 0.6 is 0 Å². The molecule has 1 aromatic carbocycles. The molecule has 7 aliphatic rings. The van der Waals surface area contributed by atoms with E-state index in [-0.39, 0.29) is 37.4 Å². The molecule has 5 heterocycles. The maximum Gasteiger partial charge on any atom is 0.318 e. The fourth-order valence-corrected chi connectivity index (χ4v) is 10.4. The van der Waals surface area contributed by atoms with Crippen molar-refractivity contribution in [1.82, 2.24) is 30.1 Å². The number of nitrogens with zero attached hydrogens (tertiary/aromatic N) is 3. The molecule has 0 unspecified atom stereocenters. The summed E-state index contributed by atoms with van der Waals surface area (Å²) >= 11 is 0. The maximum absolute atomic E-state index is 15.1. The molecule has 3 saturated carbocycles. The smallest absolute Gasteiger partial charge is 0.318 e. The van der Waals surface area contributed by atoms with Gasteiger partial charge in [-0.25, -0.2) is 18.2 Å². The van der Waals surface area contributed by atoms with Crippen molar-refractivity contribution in [2.75, 3.05) is 40.0 Å². The molecule has 2 saturated heterocycles. The van der Waals surface area contributed by atoms with Crippen LogP contribution in [0.1, 0.15) is 83.1 Å². The quantitative estimate of drug-likeness (QED) is 0.294. The standard InChI is InChI=1S/C43H56N6O10S/c1-4-28-22-43(28,41(52)47-60(54,55)31-15-16-31)46-39(50)34-19-29-25-49(34)40(51)38(26-12-8-6-9-13-26)45-42(53)48-23-30(24-48)58-17-11-7-10-14-27-18-32-33(20-35(27)56-3)44-37(57-5-2)21-36(32)59-29/h4,10,14,18,20-21,26,28-31,34,38H,1,5-9,11-13,15-17,19,22-25H2,2-3H3,(H,45,53)(H,46,50)(H,47,52)/b14-10+/t28-,29-,34+,38+,43-/m1/s1. The Labute approximate surface area is 350 Å². The first-order valence-electron chi connectivity index (χ1n) is 21.4. The molecule has 2 aromatic rings. The number of benzene rings is 1. The van der Waals surface area contributed by atoms with E-state index >= 15 is 4.79 Å². The van der Waals surface area contributed by atoms with Crippen LogP contribution in [0.2, 0.25) is 0 Å². The minimum atomic E-state index is -3.91. The molecule has 16 nitrogen and oxygen atoms in total. The minimum Gasteiger partial charge on any atom is -0.496 e. The van der Waals surface area contributed by atoms with Gasteiger partial charge >= 0.3 is 6.03 Å². The van der Waals surface area contributed by atoms with Crippen molar-refractivity contribution < 1.29 is 46.5 Å². The number of nitrogens with one attached hydrogen (secondary N) is 3. The number of carbonyl (C=O) groups excluding carboxylic acids is 4. The van der Waals surface area contributed by atoms with Gasteiger partial charge in [0.05, 0.1) is 50.2 Å². The van der Waals surface area contributed by atoms with Crippen molar-refractivity contribution in [2.24, 2.45) is 11.8 Å². The molecule has 3 aliphatic carbocycles. The lowest BCUT2D eigenvalue weighted by molar-refractivity contribution is -0.142. The van der Waals surface area contributed by atoms with Gasteiger partial charge in [-0.15, -0.1) is 6.58 Å². The zero-order chi connectivity index (χ0) is 42.2. The second-order valence-corrected chi connectivity index (χ2v) is 18.9. The van der Waals surface area contributed by atoms with Crippen LogP contribution in [-0.2, 0) is 29.1 Å². The fraction of sp³-hybridized carbons (Fsp3) is 0.605. The Morgan fingerprint density at radius 2 is 1.85 bits per heavy atom. The summed E-state index contributed by atoms with van der Waals surface area (Å²) in [5.74, 6) is -1.20. The number of sulfonamides is 1. The summed E-state index contributed by atoms with van der Waals surface area (Å²) in [5.41, 5.74) is -0.193. The molecule has 0 radical (unpaired) electrons. The molecular formula is C43H56N6O10S. The highest BCUT2D eigenvalue weighted by Crippen LogP contribution is 2.46. The molecule has 0 spiro atoms.